The van der Waals surface area contributed by atoms with Crippen molar-refractivity contribution in [2.24, 2.45) is 10.2 Å². The molecule has 1 aliphatic rings. The SMILES string of the molecule is Cc1cc(NNc2ccc(N3CCOCC3)cc2)ccc1N=Nc1ccc(F)cc1. The van der Waals surface area contributed by atoms with Crippen molar-refractivity contribution in [1.82, 2.24) is 0 Å². The van der Waals surface area contributed by atoms with Crippen molar-refractivity contribution in [2.75, 3.05) is 42.1 Å². The van der Waals surface area contributed by atoms with Gasteiger partial charge in [-0.1, -0.05) is 0 Å². The van der Waals surface area contributed by atoms with Crippen LogP contribution in [0, 0.1) is 12.7 Å². The van der Waals surface area contributed by atoms with Gasteiger partial charge >= 0.3 is 0 Å². The first kappa shape index (κ1) is 19.8. The Balaban J connectivity index is 1.34. The van der Waals surface area contributed by atoms with E-state index in [0.29, 0.717) is 5.69 Å². The summed E-state index contributed by atoms with van der Waals surface area (Å²) in [5.41, 5.74) is 11.9. The molecule has 0 spiro atoms. The summed E-state index contributed by atoms with van der Waals surface area (Å²) in [7, 11) is 0. The smallest absolute Gasteiger partial charge is 0.123 e. The van der Waals surface area contributed by atoms with Gasteiger partial charge in [0.25, 0.3) is 0 Å². The van der Waals surface area contributed by atoms with Crippen LogP contribution in [0.3, 0.4) is 0 Å². The minimum Gasteiger partial charge on any atom is -0.378 e. The summed E-state index contributed by atoms with van der Waals surface area (Å²) in [5.74, 6) is -0.288. The summed E-state index contributed by atoms with van der Waals surface area (Å²) in [6.07, 6.45) is 0. The van der Waals surface area contributed by atoms with Gasteiger partial charge in [-0.15, -0.1) is 0 Å². The number of nitrogens with zero attached hydrogens (tertiary/aromatic N) is 3. The van der Waals surface area contributed by atoms with E-state index in [0.717, 1.165) is 48.9 Å². The molecule has 0 saturated carbocycles. The fourth-order valence-electron chi connectivity index (χ4n) is 3.19. The summed E-state index contributed by atoms with van der Waals surface area (Å²) in [6.45, 7) is 5.38. The van der Waals surface area contributed by atoms with Crippen LogP contribution in [0.4, 0.5) is 32.8 Å². The molecular weight excluding hydrogens is 381 g/mol. The van der Waals surface area contributed by atoms with Gasteiger partial charge in [0.1, 0.15) is 5.82 Å². The van der Waals surface area contributed by atoms with Crippen LogP contribution in [-0.4, -0.2) is 26.3 Å². The highest BCUT2D eigenvalue weighted by Gasteiger charge is 2.10. The number of hydrogen-bond donors (Lipinski definition) is 2. The molecule has 0 aliphatic carbocycles. The molecule has 1 saturated heterocycles. The number of hydrazine groups is 1. The van der Waals surface area contributed by atoms with Crippen LogP contribution in [0.15, 0.2) is 77.0 Å². The van der Waals surface area contributed by atoms with Crippen molar-refractivity contribution in [3.05, 3.63) is 78.1 Å². The monoisotopic (exact) mass is 405 g/mol. The molecule has 30 heavy (non-hydrogen) atoms. The van der Waals surface area contributed by atoms with Gasteiger partial charge in [-0.05, 0) is 79.2 Å². The van der Waals surface area contributed by atoms with Crippen molar-refractivity contribution in [1.29, 1.82) is 0 Å². The molecule has 0 amide bonds. The van der Waals surface area contributed by atoms with E-state index in [1.807, 2.05) is 25.1 Å². The van der Waals surface area contributed by atoms with E-state index in [1.165, 1.54) is 17.8 Å². The normalized spacial score (nSPS) is 14.1. The summed E-state index contributed by atoms with van der Waals surface area (Å²) >= 11 is 0. The predicted octanol–water partition coefficient (Wildman–Crippen LogP) is 5.83. The topological polar surface area (TPSA) is 61.2 Å². The molecular formula is C23H24FN5O. The Labute approximate surface area is 175 Å². The summed E-state index contributed by atoms with van der Waals surface area (Å²) in [5, 5.41) is 8.42. The molecule has 3 aromatic rings. The Morgan fingerprint density at radius 1 is 0.833 bits per heavy atom. The number of ether oxygens (including phenoxy) is 1. The number of azo groups is 1. The number of hydrogen-bond acceptors (Lipinski definition) is 6. The third-order valence-corrected chi connectivity index (χ3v) is 4.89. The number of aryl methyl sites for hydroxylation is 1. The molecule has 3 aromatic carbocycles. The minimum absolute atomic E-state index is 0.288. The Morgan fingerprint density at radius 3 is 2.20 bits per heavy atom. The van der Waals surface area contributed by atoms with Crippen LogP contribution in [0.25, 0.3) is 0 Å². The van der Waals surface area contributed by atoms with E-state index in [-0.39, 0.29) is 5.82 Å². The first-order valence-electron chi connectivity index (χ1n) is 9.90. The zero-order valence-electron chi connectivity index (χ0n) is 16.8. The van der Waals surface area contributed by atoms with Gasteiger partial charge in [-0.3, -0.25) is 0 Å². The van der Waals surface area contributed by atoms with Crippen LogP contribution in [0.5, 0.6) is 0 Å². The van der Waals surface area contributed by atoms with Crippen molar-refractivity contribution < 1.29 is 9.13 Å². The number of anilines is 3. The van der Waals surface area contributed by atoms with Crippen molar-refractivity contribution in [2.45, 2.75) is 6.92 Å². The second-order valence-corrected chi connectivity index (χ2v) is 7.07. The fourth-order valence-corrected chi connectivity index (χ4v) is 3.19. The summed E-state index contributed by atoms with van der Waals surface area (Å²) in [4.78, 5) is 2.32. The number of benzene rings is 3. The predicted molar refractivity (Wildman–Crippen MR) is 118 cm³/mol. The van der Waals surface area contributed by atoms with Gasteiger partial charge in [-0.25, -0.2) is 4.39 Å². The van der Waals surface area contributed by atoms with Gasteiger partial charge in [0.2, 0.25) is 0 Å². The van der Waals surface area contributed by atoms with E-state index in [9.17, 15) is 4.39 Å². The van der Waals surface area contributed by atoms with Crippen LogP contribution >= 0.6 is 0 Å². The lowest BCUT2D eigenvalue weighted by Gasteiger charge is -2.29. The Bertz CT molecular complexity index is 999. The highest BCUT2D eigenvalue weighted by molar-refractivity contribution is 5.61. The molecule has 0 radical (unpaired) electrons. The molecule has 0 bridgehead atoms. The standard InChI is InChI=1S/C23H24FN5O/c1-17-16-21(8-11-23(17)28-26-19-4-2-18(24)3-5-19)27-25-20-6-9-22(10-7-20)29-12-14-30-15-13-29/h2-11,16,25,27H,12-15H2,1H3. The van der Waals surface area contributed by atoms with Gasteiger partial charge in [0.05, 0.1) is 36.0 Å². The molecule has 0 aromatic heterocycles. The summed E-state index contributed by atoms with van der Waals surface area (Å²) in [6, 6.07) is 20.1. The molecule has 6 nitrogen and oxygen atoms in total. The van der Waals surface area contributed by atoms with Gasteiger partial charge < -0.3 is 20.5 Å². The van der Waals surface area contributed by atoms with Gasteiger partial charge in [-0.2, -0.15) is 10.2 Å². The molecule has 1 heterocycles. The zero-order valence-corrected chi connectivity index (χ0v) is 16.8. The van der Waals surface area contributed by atoms with Crippen LogP contribution in [0.2, 0.25) is 0 Å². The maximum absolute atomic E-state index is 13.0. The number of rotatable bonds is 6. The molecule has 0 atom stereocenters. The third-order valence-electron chi connectivity index (χ3n) is 4.89. The first-order valence-corrected chi connectivity index (χ1v) is 9.90. The second-order valence-electron chi connectivity index (χ2n) is 7.07. The maximum Gasteiger partial charge on any atom is 0.123 e. The van der Waals surface area contributed by atoms with Gasteiger partial charge in [0.15, 0.2) is 0 Å². The number of morpholine rings is 1. The third kappa shape index (κ3) is 5.12. The van der Waals surface area contributed by atoms with Crippen LogP contribution < -0.4 is 15.8 Å². The molecule has 154 valence electrons. The van der Waals surface area contributed by atoms with Crippen molar-refractivity contribution in [3.8, 4) is 0 Å². The van der Waals surface area contributed by atoms with Crippen molar-refractivity contribution in [3.63, 3.8) is 0 Å². The Kier molecular flexibility index (Phi) is 6.20. The second kappa shape index (κ2) is 9.37. The molecule has 2 N–H and O–H groups in total. The zero-order chi connectivity index (χ0) is 20.8. The highest BCUT2D eigenvalue weighted by atomic mass is 19.1. The van der Waals surface area contributed by atoms with Crippen molar-refractivity contribution >= 4 is 28.4 Å². The lowest BCUT2D eigenvalue weighted by molar-refractivity contribution is 0.122. The highest BCUT2D eigenvalue weighted by Crippen LogP contribution is 2.25. The minimum atomic E-state index is -0.288. The van der Waals surface area contributed by atoms with E-state index in [2.05, 4.69) is 50.2 Å². The molecule has 1 aliphatic heterocycles. The van der Waals surface area contributed by atoms with Gasteiger partial charge in [0, 0.05) is 18.8 Å². The fraction of sp³-hybridized carbons (Fsp3) is 0.217. The molecule has 7 heteroatoms. The quantitative estimate of drug-likeness (QED) is 0.400. The first-order chi connectivity index (χ1) is 14.7. The average molecular weight is 405 g/mol. The average Bonchev–Trinajstić information content (AvgIpc) is 2.79. The van der Waals surface area contributed by atoms with Crippen LogP contribution in [0.1, 0.15) is 5.56 Å². The number of halogens is 1. The van der Waals surface area contributed by atoms with E-state index < -0.39 is 0 Å². The summed E-state index contributed by atoms with van der Waals surface area (Å²) < 4.78 is 18.4. The molecule has 4 rings (SSSR count). The largest absolute Gasteiger partial charge is 0.378 e. The molecule has 1 fully saturated rings. The lowest BCUT2D eigenvalue weighted by atomic mass is 10.2. The van der Waals surface area contributed by atoms with E-state index in [4.69, 9.17) is 4.74 Å². The van der Waals surface area contributed by atoms with E-state index in [1.54, 1.807) is 12.1 Å². The molecule has 0 unspecified atom stereocenters. The Morgan fingerprint density at radius 2 is 1.50 bits per heavy atom. The Hall–Kier alpha value is -3.45. The van der Waals surface area contributed by atoms with E-state index >= 15 is 0 Å². The number of nitrogens with one attached hydrogen (secondary N) is 2. The lowest BCUT2D eigenvalue weighted by Crippen LogP contribution is -2.36. The maximum atomic E-state index is 13.0. The van der Waals surface area contributed by atoms with Crippen LogP contribution in [-0.2, 0) is 4.74 Å².